The van der Waals surface area contributed by atoms with Gasteiger partial charge < -0.3 is 10.5 Å². The Bertz CT molecular complexity index is 1430. The van der Waals surface area contributed by atoms with Crippen molar-refractivity contribution in [3.05, 3.63) is 69.0 Å². The van der Waals surface area contributed by atoms with Gasteiger partial charge in [0.15, 0.2) is 5.82 Å². The number of anilines is 1. The van der Waals surface area contributed by atoms with Gasteiger partial charge in [-0.1, -0.05) is 41.4 Å². The fourth-order valence-electron chi connectivity index (χ4n) is 3.19. The van der Waals surface area contributed by atoms with Gasteiger partial charge in [0.25, 0.3) is 10.0 Å². The first-order valence-corrected chi connectivity index (χ1v) is 12.1. The van der Waals surface area contributed by atoms with Gasteiger partial charge in [-0.3, -0.25) is 14.2 Å². The maximum atomic E-state index is 12.9. The second-order valence-electron chi connectivity index (χ2n) is 6.72. The van der Waals surface area contributed by atoms with E-state index in [1.54, 1.807) is 41.1 Å². The van der Waals surface area contributed by atoms with Crippen LogP contribution >= 0.6 is 34.5 Å². The smallest absolute Gasteiger partial charge is 0.272 e. The highest BCUT2D eigenvalue weighted by molar-refractivity contribution is 7.94. The Morgan fingerprint density at radius 2 is 1.97 bits per heavy atom. The quantitative estimate of drug-likeness (QED) is 0.383. The number of fused-ring (bicyclic) bond motifs is 1. The van der Waals surface area contributed by atoms with E-state index in [1.807, 2.05) is 6.07 Å². The maximum absolute atomic E-state index is 12.9. The van der Waals surface area contributed by atoms with Gasteiger partial charge in [-0.15, -0.1) is 11.3 Å². The molecule has 2 aromatic carbocycles. The average molecular weight is 511 g/mol. The molecule has 1 amide bonds. The molecule has 0 aliphatic carbocycles. The van der Waals surface area contributed by atoms with Crippen molar-refractivity contribution < 1.29 is 17.9 Å². The number of hydrogen-bond acceptors (Lipinski definition) is 6. The van der Waals surface area contributed by atoms with Crippen molar-refractivity contribution in [3.63, 3.8) is 0 Å². The lowest BCUT2D eigenvalue weighted by atomic mass is 10.1. The number of carbonyl (C=O) groups excluding carboxylic acids is 1. The van der Waals surface area contributed by atoms with E-state index in [1.165, 1.54) is 13.2 Å². The molecule has 0 saturated carbocycles. The van der Waals surface area contributed by atoms with Gasteiger partial charge >= 0.3 is 0 Å². The number of primary amides is 1. The summed E-state index contributed by atoms with van der Waals surface area (Å²) in [7, 11) is -2.52. The van der Waals surface area contributed by atoms with E-state index >= 15 is 0 Å². The highest BCUT2D eigenvalue weighted by atomic mass is 35.5. The van der Waals surface area contributed by atoms with E-state index in [2.05, 4.69) is 9.82 Å². The third-order valence-electron chi connectivity index (χ3n) is 4.62. The van der Waals surface area contributed by atoms with Crippen molar-refractivity contribution in [1.82, 2.24) is 9.78 Å². The van der Waals surface area contributed by atoms with Crippen LogP contribution in [0.1, 0.15) is 15.9 Å². The molecule has 8 nitrogen and oxygen atoms in total. The summed E-state index contributed by atoms with van der Waals surface area (Å²) in [5.74, 6) is -0.00991. The Labute approximate surface area is 197 Å². The number of hydrogen-bond donors (Lipinski definition) is 2. The third kappa shape index (κ3) is 4.26. The molecule has 4 aromatic rings. The largest absolute Gasteiger partial charge is 0.496 e. The molecule has 0 radical (unpaired) electrons. The molecule has 0 unspecified atom stereocenters. The van der Waals surface area contributed by atoms with E-state index in [9.17, 15) is 13.2 Å². The highest BCUT2D eigenvalue weighted by Crippen LogP contribution is 2.37. The summed E-state index contributed by atoms with van der Waals surface area (Å²) in [6.07, 6.45) is 0. The average Bonchev–Trinajstić information content (AvgIpc) is 3.28. The summed E-state index contributed by atoms with van der Waals surface area (Å²) < 4.78 is 35.6. The summed E-state index contributed by atoms with van der Waals surface area (Å²) in [6, 6.07) is 13.4. The number of rotatable bonds is 7. The molecule has 0 atom stereocenters. The lowest BCUT2D eigenvalue weighted by Gasteiger charge is -2.06. The molecule has 12 heteroatoms. The fraction of sp³-hybridized carbons (Fsp3) is 0.100. The fourth-order valence-corrected chi connectivity index (χ4v) is 6.08. The third-order valence-corrected chi connectivity index (χ3v) is 8.30. The molecule has 4 rings (SSSR count). The first kappa shape index (κ1) is 22.4. The molecule has 2 aromatic heterocycles. The summed E-state index contributed by atoms with van der Waals surface area (Å²) in [4.78, 5) is 11.5. The van der Waals surface area contributed by atoms with Crippen molar-refractivity contribution in [2.24, 2.45) is 5.73 Å². The molecule has 32 heavy (non-hydrogen) atoms. The van der Waals surface area contributed by atoms with Gasteiger partial charge in [-0.05, 0) is 35.9 Å². The minimum absolute atomic E-state index is 0.0424. The van der Waals surface area contributed by atoms with Crippen LogP contribution in [0.15, 0.2) is 52.7 Å². The molecule has 0 aliphatic rings. The molecular formula is C20H16Cl2N4O4S2. The number of nitrogens with zero attached hydrogens (tertiary/aromatic N) is 2. The predicted molar refractivity (Wildman–Crippen MR) is 125 cm³/mol. The Morgan fingerprint density at radius 3 is 2.62 bits per heavy atom. The Kier molecular flexibility index (Phi) is 6.04. The first-order chi connectivity index (χ1) is 15.2. The summed E-state index contributed by atoms with van der Waals surface area (Å²) in [6.45, 7) is 0.267. The van der Waals surface area contributed by atoms with Crippen LogP contribution in [0.3, 0.4) is 0 Å². The predicted octanol–water partition coefficient (Wildman–Crippen LogP) is 4.36. The molecule has 166 valence electrons. The van der Waals surface area contributed by atoms with E-state index in [0.717, 1.165) is 16.9 Å². The van der Waals surface area contributed by atoms with Crippen molar-refractivity contribution >= 4 is 67.2 Å². The molecule has 0 saturated heterocycles. The van der Waals surface area contributed by atoms with Gasteiger partial charge in [0.1, 0.15) is 14.3 Å². The van der Waals surface area contributed by atoms with Gasteiger partial charge in [0.2, 0.25) is 5.91 Å². The Hall–Kier alpha value is -2.79. The van der Waals surface area contributed by atoms with E-state index in [0.29, 0.717) is 22.2 Å². The Morgan fingerprint density at radius 1 is 1.22 bits per heavy atom. The summed E-state index contributed by atoms with van der Waals surface area (Å²) >= 11 is 12.7. The number of carbonyl (C=O) groups is 1. The number of amides is 1. The van der Waals surface area contributed by atoms with Crippen LogP contribution < -0.4 is 15.2 Å². The van der Waals surface area contributed by atoms with Crippen LogP contribution in [0.5, 0.6) is 5.75 Å². The first-order valence-electron chi connectivity index (χ1n) is 9.09. The van der Waals surface area contributed by atoms with Crippen molar-refractivity contribution in [2.75, 3.05) is 11.8 Å². The van der Waals surface area contributed by atoms with E-state index in [-0.39, 0.29) is 25.9 Å². The second kappa shape index (κ2) is 8.62. The van der Waals surface area contributed by atoms with Crippen LogP contribution in [0.2, 0.25) is 9.36 Å². The summed E-state index contributed by atoms with van der Waals surface area (Å²) in [5, 5.41) is 5.11. The zero-order chi connectivity index (χ0) is 23.0. The lowest BCUT2D eigenvalue weighted by molar-refractivity contribution is 0.1000. The lowest BCUT2D eigenvalue weighted by Crippen LogP contribution is -2.13. The molecule has 0 spiro atoms. The van der Waals surface area contributed by atoms with Crippen LogP contribution in [0.25, 0.3) is 10.9 Å². The minimum atomic E-state index is -4.00. The number of sulfonamides is 1. The molecule has 3 N–H and O–H groups in total. The van der Waals surface area contributed by atoms with Crippen molar-refractivity contribution in [1.29, 1.82) is 0 Å². The van der Waals surface area contributed by atoms with Crippen molar-refractivity contribution in [3.8, 4) is 5.75 Å². The second-order valence-corrected chi connectivity index (χ2v) is 10.7. The topological polar surface area (TPSA) is 116 Å². The minimum Gasteiger partial charge on any atom is -0.496 e. The summed E-state index contributed by atoms with van der Waals surface area (Å²) in [5.41, 5.74) is 7.13. The standard InChI is InChI=1S/C20H16Cl2N4O4S2/c1-30-15-7-3-6-14-17(15)20(25-32(28,29)16-9-13(21)18(22)31-16)24-26(14)10-11-4-2-5-12(8-11)19(23)27/h2-9H,10H2,1H3,(H2,23,27)(H,24,25). The number of methoxy groups -OCH3 is 1. The molecule has 0 bridgehead atoms. The number of aromatic nitrogens is 2. The van der Waals surface area contributed by atoms with E-state index < -0.39 is 15.9 Å². The Balaban J connectivity index is 1.80. The zero-order valence-corrected chi connectivity index (χ0v) is 19.6. The van der Waals surface area contributed by atoms with Gasteiger partial charge in [0, 0.05) is 5.56 Å². The number of benzene rings is 2. The SMILES string of the molecule is COc1cccc2c1c(NS(=O)(=O)c1cc(Cl)c(Cl)s1)nn2Cc1cccc(C(N)=O)c1. The molecule has 0 fully saturated rings. The van der Waals surface area contributed by atoms with Gasteiger partial charge in [-0.25, -0.2) is 8.42 Å². The van der Waals surface area contributed by atoms with Gasteiger partial charge in [-0.2, -0.15) is 5.10 Å². The van der Waals surface area contributed by atoms with Crippen molar-refractivity contribution in [2.45, 2.75) is 10.8 Å². The highest BCUT2D eigenvalue weighted by Gasteiger charge is 2.24. The maximum Gasteiger partial charge on any atom is 0.272 e. The molecule has 2 heterocycles. The number of nitrogens with one attached hydrogen (secondary N) is 1. The van der Waals surface area contributed by atoms with Crippen LogP contribution in [0, 0.1) is 0 Å². The number of halogens is 2. The normalized spacial score (nSPS) is 11.6. The van der Waals surface area contributed by atoms with E-state index in [4.69, 9.17) is 33.7 Å². The van der Waals surface area contributed by atoms with Crippen LogP contribution in [0.4, 0.5) is 5.82 Å². The monoisotopic (exact) mass is 510 g/mol. The van der Waals surface area contributed by atoms with Crippen LogP contribution in [-0.4, -0.2) is 31.2 Å². The molecule has 0 aliphatic heterocycles. The number of nitrogens with two attached hydrogens (primary N) is 1. The number of thiophene rings is 1. The number of ether oxygens (including phenoxy) is 1. The van der Waals surface area contributed by atoms with Gasteiger partial charge in [0.05, 0.1) is 29.6 Å². The molecular weight excluding hydrogens is 495 g/mol. The zero-order valence-electron chi connectivity index (χ0n) is 16.5. The van der Waals surface area contributed by atoms with Crippen LogP contribution in [-0.2, 0) is 16.6 Å².